The van der Waals surface area contributed by atoms with Crippen LogP contribution in [0.25, 0.3) is 11.3 Å². The first-order valence-electron chi connectivity index (χ1n) is 11.5. The van der Waals surface area contributed by atoms with Gasteiger partial charge in [-0.05, 0) is 68.0 Å². The van der Waals surface area contributed by atoms with Crippen molar-refractivity contribution >= 4 is 11.7 Å². The molecule has 3 N–H and O–H groups in total. The van der Waals surface area contributed by atoms with Gasteiger partial charge in [-0.1, -0.05) is 6.07 Å². The smallest absolute Gasteiger partial charge is 0.249 e. The number of ether oxygens (including phenoxy) is 1. The van der Waals surface area contributed by atoms with Crippen molar-refractivity contribution in [3.8, 4) is 23.1 Å². The number of aliphatic hydroxyl groups is 1. The first kappa shape index (κ1) is 26.6. The molecule has 1 aromatic heterocycles. The van der Waals surface area contributed by atoms with E-state index in [0.717, 1.165) is 0 Å². The fourth-order valence-corrected chi connectivity index (χ4v) is 4.31. The summed E-state index contributed by atoms with van der Waals surface area (Å²) in [5.74, 6) is -1.44. The van der Waals surface area contributed by atoms with Crippen LogP contribution in [-0.4, -0.2) is 39.1 Å². The summed E-state index contributed by atoms with van der Waals surface area (Å²) in [6.45, 7) is 4.81. The number of halogens is 1. The molecule has 36 heavy (non-hydrogen) atoms. The van der Waals surface area contributed by atoms with Crippen LogP contribution in [0.1, 0.15) is 70.8 Å². The third kappa shape index (κ3) is 5.61. The maximum absolute atomic E-state index is 15.1. The quantitative estimate of drug-likeness (QED) is 0.413. The van der Waals surface area contributed by atoms with Crippen LogP contribution in [0.15, 0.2) is 36.5 Å². The second-order valence-corrected chi connectivity index (χ2v) is 8.89. The van der Waals surface area contributed by atoms with Gasteiger partial charge in [0.25, 0.3) is 0 Å². The highest BCUT2D eigenvalue weighted by atomic mass is 19.1. The lowest BCUT2D eigenvalue weighted by atomic mass is 9.83. The average molecular weight is 493 g/mol. The summed E-state index contributed by atoms with van der Waals surface area (Å²) in [6, 6.07) is 9.82. The highest BCUT2D eigenvalue weighted by Gasteiger charge is 2.26. The number of benzene rings is 2. The second kappa shape index (κ2) is 11.1. The van der Waals surface area contributed by atoms with E-state index in [1.54, 1.807) is 29.9 Å². The molecule has 0 saturated heterocycles. The van der Waals surface area contributed by atoms with Crippen molar-refractivity contribution in [2.24, 2.45) is 12.8 Å². The lowest BCUT2D eigenvalue weighted by molar-refractivity contribution is 0.0991. The van der Waals surface area contributed by atoms with E-state index >= 15 is 4.39 Å². The molecule has 0 spiro atoms. The summed E-state index contributed by atoms with van der Waals surface area (Å²) in [5.41, 5.74) is 7.47. The Kier molecular flexibility index (Phi) is 8.22. The van der Waals surface area contributed by atoms with Crippen LogP contribution >= 0.6 is 0 Å². The largest absolute Gasteiger partial charge is 0.490 e. The predicted octanol–water partition coefficient (Wildman–Crippen LogP) is 3.90. The van der Waals surface area contributed by atoms with E-state index in [1.165, 1.54) is 25.1 Å². The maximum Gasteiger partial charge on any atom is 0.249 e. The van der Waals surface area contributed by atoms with Crippen molar-refractivity contribution in [3.05, 3.63) is 70.4 Å². The Morgan fingerprint density at radius 2 is 2.00 bits per heavy atom. The van der Waals surface area contributed by atoms with Crippen LogP contribution in [0.2, 0.25) is 0 Å². The minimum Gasteiger partial charge on any atom is -0.490 e. The van der Waals surface area contributed by atoms with Crippen molar-refractivity contribution in [2.45, 2.75) is 45.6 Å². The van der Waals surface area contributed by atoms with Crippen molar-refractivity contribution in [3.63, 3.8) is 0 Å². The summed E-state index contributed by atoms with van der Waals surface area (Å²) >= 11 is 0. The lowest BCUT2D eigenvalue weighted by Crippen LogP contribution is -2.20. The number of ketones is 1. The number of aliphatic hydroxyl groups excluding tert-OH is 1. The Hall–Kier alpha value is -4.03. The number of rotatable bonds is 10. The van der Waals surface area contributed by atoms with E-state index in [1.807, 2.05) is 13.8 Å². The second-order valence-electron chi connectivity index (χ2n) is 8.89. The molecule has 0 aliphatic rings. The fraction of sp³-hybridized carbons (Fsp3) is 0.333. The molecule has 1 amide bonds. The third-order valence-electron chi connectivity index (χ3n) is 5.82. The first-order valence-corrected chi connectivity index (χ1v) is 11.5. The lowest BCUT2D eigenvalue weighted by Gasteiger charge is -2.23. The molecule has 1 atom stereocenters. The van der Waals surface area contributed by atoms with E-state index in [9.17, 15) is 20.0 Å². The van der Waals surface area contributed by atoms with Gasteiger partial charge in [-0.25, -0.2) is 9.37 Å². The van der Waals surface area contributed by atoms with Crippen LogP contribution in [0, 0.1) is 17.1 Å². The zero-order valence-electron chi connectivity index (χ0n) is 20.7. The van der Waals surface area contributed by atoms with Crippen LogP contribution < -0.4 is 10.5 Å². The number of nitrogens with zero attached hydrogens (tertiary/aromatic N) is 3. The van der Waals surface area contributed by atoms with Crippen molar-refractivity contribution in [1.29, 1.82) is 5.26 Å². The van der Waals surface area contributed by atoms with Crippen molar-refractivity contribution in [2.75, 3.05) is 6.61 Å². The van der Waals surface area contributed by atoms with E-state index in [-0.39, 0.29) is 53.9 Å². The Bertz CT molecular complexity index is 1340. The Balaban J connectivity index is 2.04. The molecule has 8 nitrogen and oxygen atoms in total. The number of Topliss-reactive ketones (excluding diaryl/α,β-unsaturated/α-hetero) is 1. The normalized spacial score (nSPS) is 11.8. The number of nitriles is 1. The molecular formula is C27H29FN4O4. The van der Waals surface area contributed by atoms with Gasteiger partial charge < -0.3 is 20.1 Å². The summed E-state index contributed by atoms with van der Waals surface area (Å²) in [4.78, 5) is 28.2. The van der Waals surface area contributed by atoms with Crippen LogP contribution in [0.3, 0.4) is 0 Å². The Morgan fingerprint density at radius 1 is 1.28 bits per heavy atom. The summed E-state index contributed by atoms with van der Waals surface area (Å²) in [5, 5.41) is 19.7. The summed E-state index contributed by atoms with van der Waals surface area (Å²) in [6.07, 6.45) is 1.82. The highest BCUT2D eigenvalue weighted by Crippen LogP contribution is 2.36. The number of amides is 1. The molecule has 0 aliphatic carbocycles. The number of aryl methyl sites for hydroxylation is 1. The topological polar surface area (TPSA) is 131 Å². The molecule has 3 aromatic rings. The number of aromatic nitrogens is 2. The summed E-state index contributed by atoms with van der Waals surface area (Å²) < 4.78 is 22.5. The maximum atomic E-state index is 15.1. The fourth-order valence-electron chi connectivity index (χ4n) is 4.31. The number of hydrogen-bond donors (Lipinski definition) is 2. The van der Waals surface area contributed by atoms with Gasteiger partial charge in [0.2, 0.25) is 5.91 Å². The molecule has 188 valence electrons. The van der Waals surface area contributed by atoms with Gasteiger partial charge in [-0.2, -0.15) is 5.26 Å². The van der Waals surface area contributed by atoms with Gasteiger partial charge in [-0.3, -0.25) is 9.59 Å². The van der Waals surface area contributed by atoms with Crippen LogP contribution in [0.4, 0.5) is 4.39 Å². The molecule has 2 aromatic carbocycles. The molecule has 1 heterocycles. The number of imidazole rings is 1. The van der Waals surface area contributed by atoms with E-state index < -0.39 is 17.6 Å². The van der Waals surface area contributed by atoms with Crippen LogP contribution in [-0.2, 0) is 13.5 Å². The van der Waals surface area contributed by atoms with Gasteiger partial charge in [0.05, 0.1) is 17.4 Å². The average Bonchev–Trinajstić information content (AvgIpc) is 3.19. The minimum absolute atomic E-state index is 0.156. The first-order chi connectivity index (χ1) is 17.1. The van der Waals surface area contributed by atoms with E-state index in [0.29, 0.717) is 22.6 Å². The highest BCUT2D eigenvalue weighted by molar-refractivity contribution is 5.95. The predicted molar refractivity (Wildman–Crippen MR) is 132 cm³/mol. The van der Waals surface area contributed by atoms with Gasteiger partial charge in [0, 0.05) is 37.9 Å². The van der Waals surface area contributed by atoms with Gasteiger partial charge in [0.1, 0.15) is 17.6 Å². The zero-order chi connectivity index (χ0) is 26.6. The van der Waals surface area contributed by atoms with Gasteiger partial charge >= 0.3 is 0 Å². The molecule has 0 aliphatic heterocycles. The molecule has 0 bridgehead atoms. The SMILES string of the molecule is CC(=O)c1nc(-c2ccc(CC(CCO)c3c(C(N)=O)ccc(OC(C)C)c3C#N)cc2F)cn1C. The van der Waals surface area contributed by atoms with Crippen LogP contribution in [0.5, 0.6) is 5.75 Å². The molecule has 0 radical (unpaired) electrons. The minimum atomic E-state index is -0.710. The number of nitrogens with two attached hydrogens (primary N) is 1. The Labute approximate surface area is 209 Å². The number of primary amides is 1. The van der Waals surface area contributed by atoms with Crippen molar-refractivity contribution < 1.29 is 23.8 Å². The monoisotopic (exact) mass is 492 g/mol. The molecule has 9 heteroatoms. The van der Waals surface area contributed by atoms with E-state index in [4.69, 9.17) is 10.5 Å². The van der Waals surface area contributed by atoms with E-state index in [2.05, 4.69) is 11.1 Å². The molecular weight excluding hydrogens is 463 g/mol. The molecule has 3 rings (SSSR count). The molecule has 1 unspecified atom stereocenters. The van der Waals surface area contributed by atoms with Gasteiger partial charge in [-0.15, -0.1) is 0 Å². The number of carbonyl (C=O) groups excluding carboxylic acids is 2. The summed E-state index contributed by atoms with van der Waals surface area (Å²) in [7, 11) is 1.67. The van der Waals surface area contributed by atoms with Gasteiger partial charge in [0.15, 0.2) is 11.6 Å². The third-order valence-corrected chi connectivity index (χ3v) is 5.82. The zero-order valence-corrected chi connectivity index (χ0v) is 20.7. The van der Waals surface area contributed by atoms with Crippen molar-refractivity contribution in [1.82, 2.24) is 9.55 Å². The number of hydrogen-bond acceptors (Lipinski definition) is 6. The molecule has 0 saturated carbocycles. The Morgan fingerprint density at radius 3 is 2.53 bits per heavy atom. The standard InChI is InChI=1S/C27H29FN4O4/c1-15(2)36-24-8-7-20(26(30)35)25(21(24)13-29)18(9-10-33)11-17-5-6-19(22(28)12-17)23-14-32(4)27(31-23)16(3)34/h5-8,12,14-15,18,33H,9-11H2,1-4H3,(H2,30,35). The molecule has 0 fully saturated rings. The number of carbonyl (C=O) groups is 2.